The first-order chi connectivity index (χ1) is 9.17. The Labute approximate surface area is 124 Å². The first-order valence-corrected chi connectivity index (χ1v) is 7.63. The molecule has 2 heterocycles. The van der Waals surface area contributed by atoms with Crippen LogP contribution in [0, 0.1) is 0 Å². The van der Waals surface area contributed by atoms with E-state index in [0.717, 1.165) is 27.3 Å². The van der Waals surface area contributed by atoms with Gasteiger partial charge in [0.05, 0.1) is 10.9 Å². The van der Waals surface area contributed by atoms with Crippen LogP contribution in [0.3, 0.4) is 0 Å². The predicted octanol–water partition coefficient (Wildman–Crippen LogP) is 4.04. The summed E-state index contributed by atoms with van der Waals surface area (Å²) in [6, 6.07) is 9.93. The van der Waals surface area contributed by atoms with E-state index in [2.05, 4.69) is 22.0 Å². The van der Waals surface area contributed by atoms with Crippen LogP contribution in [0.1, 0.15) is 29.0 Å². The number of nitrogens with two attached hydrogens (primary N) is 1. The summed E-state index contributed by atoms with van der Waals surface area (Å²) in [5.41, 5.74) is 7.29. The average molecular weight is 340 g/mol. The molecule has 1 aliphatic heterocycles. The maximum atomic E-state index is 6.24. The highest BCUT2D eigenvalue weighted by Crippen LogP contribution is 2.43. The molecule has 100 valence electrons. The van der Waals surface area contributed by atoms with Gasteiger partial charge in [-0.25, -0.2) is 0 Å². The van der Waals surface area contributed by atoms with Gasteiger partial charge in [-0.2, -0.15) is 0 Å². The molecule has 1 aromatic heterocycles. The highest BCUT2D eigenvalue weighted by atomic mass is 79.9. The second kappa shape index (κ2) is 5.15. The molecule has 5 heteroatoms. The lowest BCUT2D eigenvalue weighted by atomic mass is 9.96. The molecule has 0 amide bonds. The van der Waals surface area contributed by atoms with Crippen LogP contribution in [0.2, 0.25) is 0 Å². The van der Waals surface area contributed by atoms with Gasteiger partial charge in [0.1, 0.15) is 17.6 Å². The minimum absolute atomic E-state index is 0.000492. The molecule has 2 N–H and O–H groups in total. The Balaban J connectivity index is 1.93. The number of ether oxygens (including phenoxy) is 2. The summed E-state index contributed by atoms with van der Waals surface area (Å²) in [5.74, 6) is 1.62. The fourth-order valence-electron chi connectivity index (χ4n) is 2.28. The molecule has 1 aromatic carbocycles. The highest BCUT2D eigenvalue weighted by molar-refractivity contribution is 9.11. The lowest BCUT2D eigenvalue weighted by Crippen LogP contribution is -2.23. The number of rotatable bonds is 2. The summed E-state index contributed by atoms with van der Waals surface area (Å²) >= 11 is 5.17. The molecule has 0 radical (unpaired) electrons. The monoisotopic (exact) mass is 339 g/mol. The molecule has 0 aliphatic carbocycles. The smallest absolute Gasteiger partial charge is 0.135 e. The van der Waals surface area contributed by atoms with Crippen molar-refractivity contribution in [1.82, 2.24) is 0 Å². The molecule has 0 bridgehead atoms. The van der Waals surface area contributed by atoms with Crippen molar-refractivity contribution in [3.8, 4) is 11.5 Å². The van der Waals surface area contributed by atoms with Crippen LogP contribution in [-0.4, -0.2) is 7.11 Å². The van der Waals surface area contributed by atoms with Crippen LogP contribution in [-0.2, 0) is 0 Å². The first-order valence-electron chi connectivity index (χ1n) is 6.03. The molecule has 2 aromatic rings. The van der Waals surface area contributed by atoms with E-state index in [1.807, 2.05) is 24.3 Å². The zero-order chi connectivity index (χ0) is 13.4. The molecule has 2 atom stereocenters. The minimum atomic E-state index is 0.000492. The van der Waals surface area contributed by atoms with Gasteiger partial charge in [0.15, 0.2) is 0 Å². The van der Waals surface area contributed by atoms with Gasteiger partial charge in [0, 0.05) is 29.0 Å². The van der Waals surface area contributed by atoms with Crippen LogP contribution in [0.4, 0.5) is 0 Å². The normalized spacial score (nSPS) is 21.6. The van der Waals surface area contributed by atoms with Gasteiger partial charge in [-0.15, -0.1) is 11.3 Å². The molecule has 0 spiro atoms. The van der Waals surface area contributed by atoms with Crippen LogP contribution < -0.4 is 15.2 Å². The Kier molecular flexibility index (Phi) is 3.52. The van der Waals surface area contributed by atoms with E-state index in [1.165, 1.54) is 4.88 Å². The highest BCUT2D eigenvalue weighted by Gasteiger charge is 2.28. The van der Waals surface area contributed by atoms with Crippen molar-refractivity contribution in [2.24, 2.45) is 5.73 Å². The van der Waals surface area contributed by atoms with Crippen LogP contribution in [0.15, 0.2) is 34.1 Å². The summed E-state index contributed by atoms with van der Waals surface area (Å²) in [7, 11) is 1.65. The summed E-state index contributed by atoms with van der Waals surface area (Å²) in [6.45, 7) is 0. The maximum Gasteiger partial charge on any atom is 0.135 e. The molecule has 0 fully saturated rings. The number of benzene rings is 1. The topological polar surface area (TPSA) is 44.5 Å². The van der Waals surface area contributed by atoms with E-state index in [4.69, 9.17) is 15.2 Å². The first kappa shape index (κ1) is 13.0. The van der Waals surface area contributed by atoms with Gasteiger partial charge >= 0.3 is 0 Å². The van der Waals surface area contributed by atoms with Gasteiger partial charge in [0.2, 0.25) is 0 Å². The fraction of sp³-hybridized carbons (Fsp3) is 0.286. The van der Waals surface area contributed by atoms with Crippen molar-refractivity contribution in [1.29, 1.82) is 0 Å². The minimum Gasteiger partial charge on any atom is -0.497 e. The number of thiophene rings is 1. The standard InChI is InChI=1S/C14H14BrNO2S/c1-17-8-2-3-9-10(16)7-12(18-11(9)6-8)13-4-5-14(15)19-13/h2-6,10,12H,7,16H2,1H3/t10-,12?/m1/s1. The molecule has 1 unspecified atom stereocenters. The van der Waals surface area contributed by atoms with E-state index in [0.29, 0.717) is 0 Å². The van der Waals surface area contributed by atoms with Crippen molar-refractivity contribution >= 4 is 27.3 Å². The van der Waals surface area contributed by atoms with Crippen molar-refractivity contribution < 1.29 is 9.47 Å². The lowest BCUT2D eigenvalue weighted by molar-refractivity contribution is 0.164. The quantitative estimate of drug-likeness (QED) is 0.897. The summed E-state index contributed by atoms with van der Waals surface area (Å²) < 4.78 is 12.4. The molecule has 3 rings (SSSR count). The number of hydrogen-bond donors (Lipinski definition) is 1. The maximum absolute atomic E-state index is 6.24. The van der Waals surface area contributed by atoms with Crippen molar-refractivity contribution in [3.05, 3.63) is 44.6 Å². The van der Waals surface area contributed by atoms with Gasteiger partial charge < -0.3 is 15.2 Å². The summed E-state index contributed by atoms with van der Waals surface area (Å²) in [6.07, 6.45) is 0.817. The predicted molar refractivity (Wildman–Crippen MR) is 79.9 cm³/mol. The van der Waals surface area contributed by atoms with E-state index >= 15 is 0 Å². The SMILES string of the molecule is COc1ccc2c(c1)OC(c1ccc(Br)s1)C[C@H]2N. The third kappa shape index (κ3) is 2.50. The number of fused-ring (bicyclic) bond motifs is 1. The molecule has 3 nitrogen and oxygen atoms in total. The molecule has 19 heavy (non-hydrogen) atoms. The van der Waals surface area contributed by atoms with Crippen molar-refractivity contribution in [3.63, 3.8) is 0 Å². The van der Waals surface area contributed by atoms with Gasteiger partial charge in [-0.1, -0.05) is 6.07 Å². The van der Waals surface area contributed by atoms with Gasteiger partial charge in [-0.05, 0) is 34.1 Å². The van der Waals surface area contributed by atoms with Gasteiger partial charge in [0.25, 0.3) is 0 Å². The molecule has 1 aliphatic rings. The van der Waals surface area contributed by atoms with E-state index in [9.17, 15) is 0 Å². The van der Waals surface area contributed by atoms with E-state index < -0.39 is 0 Å². The Bertz CT molecular complexity index is 599. The van der Waals surface area contributed by atoms with E-state index in [-0.39, 0.29) is 12.1 Å². The van der Waals surface area contributed by atoms with Crippen LogP contribution in [0.5, 0.6) is 11.5 Å². The van der Waals surface area contributed by atoms with E-state index in [1.54, 1.807) is 18.4 Å². The second-order valence-electron chi connectivity index (χ2n) is 4.49. The van der Waals surface area contributed by atoms with Crippen molar-refractivity contribution in [2.45, 2.75) is 18.6 Å². The third-order valence-corrected chi connectivity index (χ3v) is 4.98. The Morgan fingerprint density at radius 2 is 2.21 bits per heavy atom. The van der Waals surface area contributed by atoms with Gasteiger partial charge in [-0.3, -0.25) is 0 Å². The molecular formula is C14H14BrNO2S. The number of hydrogen-bond acceptors (Lipinski definition) is 4. The fourth-order valence-corrected chi connectivity index (χ4v) is 3.75. The second-order valence-corrected chi connectivity index (χ2v) is 6.99. The Morgan fingerprint density at radius 3 is 2.89 bits per heavy atom. The zero-order valence-electron chi connectivity index (χ0n) is 10.4. The summed E-state index contributed by atoms with van der Waals surface area (Å²) in [4.78, 5) is 1.19. The van der Waals surface area contributed by atoms with Crippen LogP contribution >= 0.6 is 27.3 Å². The average Bonchev–Trinajstić information content (AvgIpc) is 2.84. The van der Waals surface area contributed by atoms with Crippen LogP contribution in [0.25, 0.3) is 0 Å². The zero-order valence-corrected chi connectivity index (χ0v) is 12.8. The number of methoxy groups -OCH3 is 1. The largest absolute Gasteiger partial charge is 0.497 e. The molecule has 0 saturated heterocycles. The lowest BCUT2D eigenvalue weighted by Gasteiger charge is -2.30. The van der Waals surface area contributed by atoms with Crippen molar-refractivity contribution in [2.75, 3.05) is 7.11 Å². The summed E-state index contributed by atoms with van der Waals surface area (Å²) in [5, 5.41) is 0. The molecular weight excluding hydrogens is 326 g/mol. The number of halogens is 1. The third-order valence-electron chi connectivity index (χ3n) is 3.27. The Morgan fingerprint density at radius 1 is 1.37 bits per heavy atom. The molecule has 0 saturated carbocycles. The Hall–Kier alpha value is -1.04.